The minimum Gasteiger partial charge on any atom is -0.443 e. The van der Waals surface area contributed by atoms with E-state index in [4.69, 9.17) is 9.47 Å². The van der Waals surface area contributed by atoms with Crippen molar-refractivity contribution in [2.75, 3.05) is 18.1 Å². The molecule has 1 aromatic rings. The summed E-state index contributed by atoms with van der Waals surface area (Å²) in [4.78, 5) is 30.7. The molecule has 2 aliphatic heterocycles. The SMILES string of the molecule is CC(C)(C)OC(=O)N1C(=O)[C@@H]2COCC[C@@H]2c2cc(Br)cnc21. The van der Waals surface area contributed by atoms with Crippen molar-refractivity contribution in [2.45, 2.75) is 38.7 Å². The lowest BCUT2D eigenvalue weighted by Crippen LogP contribution is -2.51. The number of halogens is 1. The van der Waals surface area contributed by atoms with Crippen molar-refractivity contribution in [1.29, 1.82) is 0 Å². The maximum atomic E-state index is 12.8. The van der Waals surface area contributed by atoms with Crippen LogP contribution < -0.4 is 4.90 Å². The van der Waals surface area contributed by atoms with Crippen LogP contribution in [0.5, 0.6) is 0 Å². The van der Waals surface area contributed by atoms with Gasteiger partial charge in [-0.25, -0.2) is 9.78 Å². The van der Waals surface area contributed by atoms with E-state index in [1.165, 1.54) is 0 Å². The summed E-state index contributed by atoms with van der Waals surface area (Å²) >= 11 is 3.41. The molecule has 6 nitrogen and oxygen atoms in total. The van der Waals surface area contributed by atoms with Crippen LogP contribution in [0.15, 0.2) is 16.7 Å². The molecular weight excluding hydrogens is 364 g/mol. The Bertz CT molecular complexity index is 656. The van der Waals surface area contributed by atoms with Gasteiger partial charge in [-0.05, 0) is 49.2 Å². The zero-order valence-electron chi connectivity index (χ0n) is 13.3. The van der Waals surface area contributed by atoms with Crippen LogP contribution in [-0.2, 0) is 14.3 Å². The monoisotopic (exact) mass is 382 g/mol. The first-order valence-corrected chi connectivity index (χ1v) is 8.37. The maximum absolute atomic E-state index is 12.8. The molecule has 0 saturated carbocycles. The van der Waals surface area contributed by atoms with E-state index >= 15 is 0 Å². The molecule has 1 saturated heterocycles. The number of carbonyl (C=O) groups excluding carboxylic acids is 2. The van der Waals surface area contributed by atoms with Gasteiger partial charge < -0.3 is 9.47 Å². The fourth-order valence-corrected chi connectivity index (χ4v) is 3.36. The number of ether oxygens (including phenoxy) is 2. The molecule has 2 aliphatic rings. The van der Waals surface area contributed by atoms with Gasteiger partial charge in [0.05, 0.1) is 12.5 Å². The van der Waals surface area contributed by atoms with Crippen LogP contribution >= 0.6 is 15.9 Å². The Morgan fingerprint density at radius 2 is 2.17 bits per heavy atom. The van der Waals surface area contributed by atoms with Gasteiger partial charge >= 0.3 is 6.09 Å². The van der Waals surface area contributed by atoms with Crippen molar-refractivity contribution in [3.8, 4) is 0 Å². The predicted octanol–water partition coefficient (Wildman–Crippen LogP) is 3.25. The molecule has 0 unspecified atom stereocenters. The highest BCUT2D eigenvalue weighted by Gasteiger charge is 2.46. The quantitative estimate of drug-likeness (QED) is 0.688. The molecule has 0 spiro atoms. The van der Waals surface area contributed by atoms with Gasteiger partial charge in [0, 0.05) is 28.8 Å². The average molecular weight is 383 g/mol. The second-order valence-corrected chi connectivity index (χ2v) is 7.71. The number of hydrogen-bond donors (Lipinski definition) is 0. The first-order chi connectivity index (χ1) is 10.8. The number of nitrogens with zero attached hydrogens (tertiary/aromatic N) is 2. The van der Waals surface area contributed by atoms with Crippen LogP contribution in [0, 0.1) is 5.92 Å². The van der Waals surface area contributed by atoms with E-state index in [0.29, 0.717) is 19.0 Å². The van der Waals surface area contributed by atoms with Gasteiger partial charge in [0.1, 0.15) is 11.4 Å². The number of fused-ring (bicyclic) bond motifs is 3. The lowest BCUT2D eigenvalue weighted by Gasteiger charge is -2.40. The number of amides is 2. The van der Waals surface area contributed by atoms with Gasteiger partial charge in [0.25, 0.3) is 0 Å². The summed E-state index contributed by atoms with van der Waals surface area (Å²) in [7, 11) is 0. The Balaban J connectivity index is 2.05. The lowest BCUT2D eigenvalue weighted by molar-refractivity contribution is -0.127. The molecule has 1 aromatic heterocycles. The second-order valence-electron chi connectivity index (χ2n) is 6.80. The predicted molar refractivity (Wildman–Crippen MR) is 87.3 cm³/mol. The molecule has 124 valence electrons. The molecule has 3 rings (SSSR count). The third-order valence-electron chi connectivity index (χ3n) is 3.94. The fraction of sp³-hybridized carbons (Fsp3) is 0.562. The van der Waals surface area contributed by atoms with Crippen LogP contribution in [0.3, 0.4) is 0 Å². The topological polar surface area (TPSA) is 68.7 Å². The first-order valence-electron chi connectivity index (χ1n) is 7.58. The molecule has 7 heteroatoms. The second kappa shape index (κ2) is 5.87. The summed E-state index contributed by atoms with van der Waals surface area (Å²) in [6.45, 7) is 6.22. The van der Waals surface area contributed by atoms with Crippen LogP contribution in [0.25, 0.3) is 0 Å². The number of hydrogen-bond acceptors (Lipinski definition) is 5. The molecule has 1 fully saturated rings. The summed E-state index contributed by atoms with van der Waals surface area (Å²) < 4.78 is 11.7. The Labute approximate surface area is 143 Å². The van der Waals surface area contributed by atoms with Crippen molar-refractivity contribution < 1.29 is 19.1 Å². The van der Waals surface area contributed by atoms with Gasteiger partial charge in [-0.3, -0.25) is 4.79 Å². The number of rotatable bonds is 0. The molecule has 2 atom stereocenters. The Kier molecular flexibility index (Phi) is 4.18. The van der Waals surface area contributed by atoms with Gasteiger partial charge in [0.2, 0.25) is 5.91 Å². The third-order valence-corrected chi connectivity index (χ3v) is 4.38. The van der Waals surface area contributed by atoms with Crippen molar-refractivity contribution in [2.24, 2.45) is 5.92 Å². The van der Waals surface area contributed by atoms with E-state index in [0.717, 1.165) is 21.4 Å². The Morgan fingerprint density at radius 3 is 2.87 bits per heavy atom. The molecular formula is C16H19BrN2O4. The largest absolute Gasteiger partial charge is 0.443 e. The van der Waals surface area contributed by atoms with Gasteiger partial charge in [-0.2, -0.15) is 4.90 Å². The van der Waals surface area contributed by atoms with E-state index in [9.17, 15) is 9.59 Å². The highest BCUT2D eigenvalue weighted by atomic mass is 79.9. The highest BCUT2D eigenvalue weighted by Crippen LogP contribution is 2.43. The number of carbonyl (C=O) groups is 2. The first kappa shape index (κ1) is 16.4. The standard InChI is InChI=1S/C16H19BrN2O4/c1-16(2,3)23-15(21)19-13-11(6-9(17)7-18-13)10-4-5-22-8-12(10)14(19)20/h6-7,10,12H,4-5,8H2,1-3H3/t10-,12-/m1/s1. The van der Waals surface area contributed by atoms with Gasteiger partial charge in [-0.15, -0.1) is 0 Å². The van der Waals surface area contributed by atoms with Crippen LogP contribution in [0.4, 0.5) is 10.6 Å². The zero-order chi connectivity index (χ0) is 16.8. The minimum absolute atomic E-state index is 0.0231. The molecule has 0 N–H and O–H groups in total. The molecule has 0 radical (unpaired) electrons. The third kappa shape index (κ3) is 3.12. The number of pyridine rings is 1. The number of anilines is 1. The smallest absolute Gasteiger partial charge is 0.423 e. The lowest BCUT2D eigenvalue weighted by atomic mass is 9.79. The van der Waals surface area contributed by atoms with Crippen molar-refractivity contribution in [3.05, 3.63) is 22.3 Å². The van der Waals surface area contributed by atoms with Crippen molar-refractivity contribution in [1.82, 2.24) is 4.98 Å². The summed E-state index contributed by atoms with van der Waals surface area (Å²) in [5.74, 6) is -0.281. The zero-order valence-corrected chi connectivity index (χ0v) is 14.9. The molecule has 0 aliphatic carbocycles. The molecule has 2 amide bonds. The van der Waals surface area contributed by atoms with Crippen molar-refractivity contribution in [3.63, 3.8) is 0 Å². The minimum atomic E-state index is -0.692. The Hall–Kier alpha value is -1.47. The number of aromatic nitrogens is 1. The van der Waals surface area contributed by atoms with Crippen LogP contribution in [0.2, 0.25) is 0 Å². The Morgan fingerprint density at radius 1 is 1.43 bits per heavy atom. The maximum Gasteiger partial charge on any atom is 0.423 e. The van der Waals surface area contributed by atoms with Gasteiger partial charge in [0.15, 0.2) is 0 Å². The van der Waals surface area contributed by atoms with E-state index in [1.54, 1.807) is 27.0 Å². The van der Waals surface area contributed by atoms with E-state index in [1.807, 2.05) is 6.07 Å². The summed E-state index contributed by atoms with van der Waals surface area (Å²) in [5, 5.41) is 0. The van der Waals surface area contributed by atoms with E-state index in [2.05, 4.69) is 20.9 Å². The van der Waals surface area contributed by atoms with E-state index < -0.39 is 11.7 Å². The van der Waals surface area contributed by atoms with Crippen molar-refractivity contribution >= 4 is 33.7 Å². The van der Waals surface area contributed by atoms with Gasteiger partial charge in [-0.1, -0.05) is 0 Å². The van der Waals surface area contributed by atoms with E-state index in [-0.39, 0.29) is 17.7 Å². The number of imide groups is 1. The van der Waals surface area contributed by atoms with Crippen LogP contribution in [0.1, 0.15) is 38.7 Å². The molecule has 0 bridgehead atoms. The summed E-state index contributed by atoms with van der Waals surface area (Å²) in [6, 6.07) is 1.93. The summed E-state index contributed by atoms with van der Waals surface area (Å²) in [6.07, 6.45) is 1.63. The molecule has 3 heterocycles. The van der Waals surface area contributed by atoms with Crippen LogP contribution in [-0.4, -0.2) is 35.8 Å². The fourth-order valence-electron chi connectivity index (χ4n) is 3.02. The molecule has 0 aromatic carbocycles. The summed E-state index contributed by atoms with van der Waals surface area (Å²) in [5.41, 5.74) is 0.199. The normalized spacial score (nSPS) is 24.0. The average Bonchev–Trinajstić information content (AvgIpc) is 2.46. The molecule has 23 heavy (non-hydrogen) atoms. The highest BCUT2D eigenvalue weighted by molar-refractivity contribution is 9.10.